The van der Waals surface area contributed by atoms with Gasteiger partial charge >= 0.3 is 0 Å². The molecule has 2 rings (SSSR count). The molecule has 0 radical (unpaired) electrons. The van der Waals surface area contributed by atoms with E-state index < -0.39 is 0 Å². The van der Waals surface area contributed by atoms with E-state index in [4.69, 9.17) is 5.73 Å². The van der Waals surface area contributed by atoms with Gasteiger partial charge in [0.2, 0.25) is 0 Å². The second kappa shape index (κ2) is 6.17. The Bertz CT molecular complexity index is 426. The van der Waals surface area contributed by atoms with E-state index in [0.29, 0.717) is 0 Å². The molecule has 0 amide bonds. The number of nitrogens with zero attached hydrogens (tertiary/aromatic N) is 1. The molecule has 3 unspecified atom stereocenters. The molecular weight excluding hydrogens is 244 g/mol. The third-order valence-electron chi connectivity index (χ3n) is 5.35. The first kappa shape index (κ1) is 15.4. The van der Waals surface area contributed by atoms with Gasteiger partial charge in [-0.3, -0.25) is 0 Å². The fourth-order valence-corrected chi connectivity index (χ4v) is 3.74. The average Bonchev–Trinajstić information content (AvgIpc) is 2.45. The summed E-state index contributed by atoms with van der Waals surface area (Å²) in [4.78, 5) is 2.55. The molecule has 1 aliphatic rings. The van der Waals surface area contributed by atoms with Crippen molar-refractivity contribution in [2.24, 2.45) is 17.6 Å². The van der Waals surface area contributed by atoms with Gasteiger partial charge in [-0.25, -0.2) is 0 Å². The number of likely N-dealkylation sites (N-methyl/N-ethyl adjacent to an activating group) is 1. The van der Waals surface area contributed by atoms with Gasteiger partial charge in [-0.1, -0.05) is 31.5 Å². The van der Waals surface area contributed by atoms with Crippen LogP contribution >= 0.6 is 0 Å². The Labute approximate surface area is 124 Å². The molecule has 20 heavy (non-hydrogen) atoms. The SMILES string of the molecule is CCN(c1ccc(C)cc1)C1(CN)CCC(C)C(C)C1. The van der Waals surface area contributed by atoms with Crippen LogP contribution in [0, 0.1) is 18.8 Å². The topological polar surface area (TPSA) is 29.3 Å². The Kier molecular flexibility index (Phi) is 4.74. The van der Waals surface area contributed by atoms with Crippen LogP contribution in [0.5, 0.6) is 0 Å². The highest BCUT2D eigenvalue weighted by molar-refractivity contribution is 5.50. The van der Waals surface area contributed by atoms with Crippen LogP contribution in [0.1, 0.15) is 45.6 Å². The largest absolute Gasteiger partial charge is 0.365 e. The summed E-state index contributed by atoms with van der Waals surface area (Å²) < 4.78 is 0. The second-order valence-corrected chi connectivity index (χ2v) is 6.71. The third kappa shape index (κ3) is 2.85. The predicted octanol–water partition coefficient (Wildman–Crippen LogP) is 3.97. The minimum atomic E-state index is 0.149. The third-order valence-corrected chi connectivity index (χ3v) is 5.35. The Balaban J connectivity index is 2.30. The van der Waals surface area contributed by atoms with Gasteiger partial charge in [-0.15, -0.1) is 0 Å². The van der Waals surface area contributed by atoms with Crippen molar-refractivity contribution in [3.8, 4) is 0 Å². The molecule has 1 aromatic carbocycles. The predicted molar refractivity (Wildman–Crippen MR) is 88.2 cm³/mol. The standard InChI is InChI=1S/C18H30N2/c1-5-20(17-8-6-14(2)7-9-17)18(13-19)11-10-15(3)16(4)12-18/h6-9,15-16H,5,10-13,19H2,1-4H3. The number of hydrogen-bond acceptors (Lipinski definition) is 2. The maximum Gasteiger partial charge on any atom is 0.0526 e. The lowest BCUT2D eigenvalue weighted by molar-refractivity contribution is 0.172. The van der Waals surface area contributed by atoms with Crippen molar-refractivity contribution in [3.05, 3.63) is 29.8 Å². The lowest BCUT2D eigenvalue weighted by atomic mass is 9.70. The van der Waals surface area contributed by atoms with Crippen LogP contribution < -0.4 is 10.6 Å². The van der Waals surface area contributed by atoms with E-state index in [1.807, 2.05) is 0 Å². The highest BCUT2D eigenvalue weighted by atomic mass is 15.2. The normalized spacial score (nSPS) is 30.2. The van der Waals surface area contributed by atoms with Crippen molar-refractivity contribution >= 4 is 5.69 Å². The lowest BCUT2D eigenvalue weighted by Crippen LogP contribution is -2.57. The molecule has 1 saturated carbocycles. The van der Waals surface area contributed by atoms with Crippen molar-refractivity contribution < 1.29 is 0 Å². The van der Waals surface area contributed by atoms with E-state index in [-0.39, 0.29) is 5.54 Å². The molecule has 2 heteroatoms. The van der Waals surface area contributed by atoms with Crippen LogP contribution in [0.4, 0.5) is 5.69 Å². The van der Waals surface area contributed by atoms with Crippen LogP contribution in [0.2, 0.25) is 0 Å². The Hall–Kier alpha value is -1.02. The molecule has 0 heterocycles. The van der Waals surface area contributed by atoms with Gasteiger partial charge in [0.15, 0.2) is 0 Å². The summed E-state index contributed by atoms with van der Waals surface area (Å²) in [5, 5.41) is 0. The highest BCUT2D eigenvalue weighted by Gasteiger charge is 2.40. The zero-order valence-corrected chi connectivity index (χ0v) is 13.5. The van der Waals surface area contributed by atoms with Crippen molar-refractivity contribution in [1.82, 2.24) is 0 Å². The first-order valence-electron chi connectivity index (χ1n) is 8.07. The quantitative estimate of drug-likeness (QED) is 0.900. The van der Waals surface area contributed by atoms with E-state index in [1.54, 1.807) is 0 Å². The number of nitrogens with two attached hydrogens (primary N) is 1. The molecule has 0 bridgehead atoms. The molecule has 0 spiro atoms. The van der Waals surface area contributed by atoms with Crippen molar-refractivity contribution in [1.29, 1.82) is 0 Å². The fourth-order valence-electron chi connectivity index (χ4n) is 3.74. The van der Waals surface area contributed by atoms with Gasteiger partial charge in [-0.05, 0) is 57.1 Å². The van der Waals surface area contributed by atoms with E-state index in [1.165, 1.54) is 30.5 Å². The molecule has 0 saturated heterocycles. The molecule has 2 nitrogen and oxygen atoms in total. The van der Waals surface area contributed by atoms with E-state index in [9.17, 15) is 0 Å². The second-order valence-electron chi connectivity index (χ2n) is 6.71. The van der Waals surface area contributed by atoms with Gasteiger partial charge in [0, 0.05) is 18.8 Å². The van der Waals surface area contributed by atoms with Gasteiger partial charge in [-0.2, -0.15) is 0 Å². The van der Waals surface area contributed by atoms with Crippen LogP contribution in [0.25, 0.3) is 0 Å². The zero-order chi connectivity index (χ0) is 14.8. The van der Waals surface area contributed by atoms with Crippen LogP contribution in [-0.4, -0.2) is 18.6 Å². The number of hydrogen-bond donors (Lipinski definition) is 1. The Morgan fingerprint density at radius 3 is 2.35 bits per heavy atom. The molecule has 2 N–H and O–H groups in total. The van der Waals surface area contributed by atoms with Crippen LogP contribution in [0.3, 0.4) is 0 Å². The van der Waals surface area contributed by atoms with Crippen molar-refractivity contribution in [2.75, 3.05) is 18.0 Å². The maximum absolute atomic E-state index is 6.25. The molecule has 1 aromatic rings. The van der Waals surface area contributed by atoms with Gasteiger partial charge in [0.25, 0.3) is 0 Å². The molecule has 1 fully saturated rings. The maximum atomic E-state index is 6.25. The zero-order valence-electron chi connectivity index (χ0n) is 13.5. The summed E-state index contributed by atoms with van der Waals surface area (Å²) in [6.07, 6.45) is 3.73. The van der Waals surface area contributed by atoms with Gasteiger partial charge in [0.1, 0.15) is 0 Å². The van der Waals surface area contributed by atoms with E-state index >= 15 is 0 Å². The smallest absolute Gasteiger partial charge is 0.0526 e. The first-order chi connectivity index (χ1) is 9.52. The van der Waals surface area contributed by atoms with E-state index in [0.717, 1.165) is 24.9 Å². The molecular formula is C18H30N2. The molecule has 0 aliphatic heterocycles. The minimum Gasteiger partial charge on any atom is -0.365 e. The number of rotatable bonds is 4. The number of aryl methyl sites for hydroxylation is 1. The Morgan fingerprint density at radius 1 is 1.20 bits per heavy atom. The minimum absolute atomic E-state index is 0.149. The lowest BCUT2D eigenvalue weighted by Gasteiger charge is -2.50. The summed E-state index contributed by atoms with van der Waals surface area (Å²) in [5.74, 6) is 1.58. The highest BCUT2D eigenvalue weighted by Crippen LogP contribution is 2.41. The first-order valence-corrected chi connectivity index (χ1v) is 8.07. The molecule has 112 valence electrons. The average molecular weight is 274 g/mol. The fraction of sp³-hybridized carbons (Fsp3) is 0.667. The van der Waals surface area contributed by atoms with Crippen LogP contribution in [0.15, 0.2) is 24.3 Å². The Morgan fingerprint density at radius 2 is 1.85 bits per heavy atom. The van der Waals surface area contributed by atoms with Crippen molar-refractivity contribution in [2.45, 2.75) is 52.5 Å². The summed E-state index contributed by atoms with van der Waals surface area (Å²) >= 11 is 0. The number of anilines is 1. The summed E-state index contributed by atoms with van der Waals surface area (Å²) in [6, 6.07) is 8.91. The molecule has 0 aromatic heterocycles. The van der Waals surface area contributed by atoms with Crippen LogP contribution in [-0.2, 0) is 0 Å². The monoisotopic (exact) mass is 274 g/mol. The summed E-state index contributed by atoms with van der Waals surface area (Å²) in [6.45, 7) is 10.9. The molecule has 3 atom stereocenters. The van der Waals surface area contributed by atoms with Gasteiger partial charge in [0.05, 0.1) is 5.54 Å². The van der Waals surface area contributed by atoms with Gasteiger partial charge < -0.3 is 10.6 Å². The summed E-state index contributed by atoms with van der Waals surface area (Å²) in [5.41, 5.74) is 9.04. The molecule has 1 aliphatic carbocycles. The number of benzene rings is 1. The van der Waals surface area contributed by atoms with E-state index in [2.05, 4.69) is 56.9 Å². The summed E-state index contributed by atoms with van der Waals surface area (Å²) in [7, 11) is 0. The van der Waals surface area contributed by atoms with Crippen molar-refractivity contribution in [3.63, 3.8) is 0 Å².